The summed E-state index contributed by atoms with van der Waals surface area (Å²) in [5.74, 6) is 0.353. The van der Waals surface area contributed by atoms with Crippen LogP contribution < -0.4 is 9.64 Å². The molecule has 0 unspecified atom stereocenters. The number of morpholine rings is 1. The summed E-state index contributed by atoms with van der Waals surface area (Å²) in [4.78, 5) is 28.3. The molecule has 6 nitrogen and oxygen atoms in total. The van der Waals surface area contributed by atoms with Gasteiger partial charge >= 0.3 is 0 Å². The zero-order valence-electron chi connectivity index (χ0n) is 12.7. The van der Waals surface area contributed by atoms with Gasteiger partial charge in [0.15, 0.2) is 0 Å². The third-order valence-electron chi connectivity index (χ3n) is 4.00. The minimum absolute atomic E-state index is 0.152. The Balaban J connectivity index is 1.80. The second kappa shape index (κ2) is 6.46. The van der Waals surface area contributed by atoms with Gasteiger partial charge in [0, 0.05) is 19.2 Å². The maximum atomic E-state index is 12.7. The molecular weight excluding hydrogens is 284 g/mol. The molecule has 0 radical (unpaired) electrons. The van der Waals surface area contributed by atoms with Crippen molar-refractivity contribution >= 4 is 17.5 Å². The highest BCUT2D eigenvalue weighted by Gasteiger charge is 2.43. The molecule has 0 saturated carbocycles. The largest absolute Gasteiger partial charge is 0.494 e. The fraction of sp³-hybridized carbons (Fsp3) is 0.500. The standard InChI is InChI=1S/C16H20N2O4/c1-2-22-13-5-3-4-12(10-13)18-15(19)11-14(16(18)20)17-6-8-21-9-7-17/h3-5,10,14H,2,6-9,11H2,1H3/t14-/m0/s1. The summed E-state index contributed by atoms with van der Waals surface area (Å²) in [6.45, 7) is 5.04. The first-order valence-corrected chi connectivity index (χ1v) is 7.62. The number of hydrogen-bond acceptors (Lipinski definition) is 5. The van der Waals surface area contributed by atoms with Crippen molar-refractivity contribution in [2.75, 3.05) is 37.8 Å². The average molecular weight is 304 g/mol. The highest BCUT2D eigenvalue weighted by molar-refractivity contribution is 6.22. The minimum atomic E-state index is -0.368. The average Bonchev–Trinajstić information content (AvgIpc) is 2.84. The van der Waals surface area contributed by atoms with E-state index in [0.717, 1.165) is 0 Å². The van der Waals surface area contributed by atoms with Crippen LogP contribution in [0.25, 0.3) is 0 Å². The summed E-state index contributed by atoms with van der Waals surface area (Å²) in [5, 5.41) is 0. The van der Waals surface area contributed by atoms with Gasteiger partial charge in [0.1, 0.15) is 5.75 Å². The lowest BCUT2D eigenvalue weighted by molar-refractivity contribution is -0.123. The molecule has 1 atom stereocenters. The Morgan fingerprint density at radius 2 is 2.05 bits per heavy atom. The normalized spacial score (nSPS) is 23.1. The van der Waals surface area contributed by atoms with Gasteiger partial charge < -0.3 is 9.47 Å². The van der Waals surface area contributed by atoms with Crippen LogP contribution in [0, 0.1) is 0 Å². The van der Waals surface area contributed by atoms with Crippen LogP contribution in [0.2, 0.25) is 0 Å². The number of imide groups is 1. The summed E-state index contributed by atoms with van der Waals surface area (Å²) in [6.07, 6.45) is 0.234. The fourth-order valence-electron chi connectivity index (χ4n) is 2.94. The number of amides is 2. The highest BCUT2D eigenvalue weighted by atomic mass is 16.5. The van der Waals surface area contributed by atoms with Crippen LogP contribution in [-0.4, -0.2) is 55.7 Å². The number of carbonyl (C=O) groups is 2. The van der Waals surface area contributed by atoms with E-state index in [0.29, 0.717) is 44.3 Å². The number of anilines is 1. The van der Waals surface area contributed by atoms with E-state index >= 15 is 0 Å². The van der Waals surface area contributed by atoms with Crippen molar-refractivity contribution in [3.05, 3.63) is 24.3 Å². The van der Waals surface area contributed by atoms with E-state index in [1.165, 1.54) is 4.90 Å². The smallest absolute Gasteiger partial charge is 0.251 e. The number of carbonyl (C=O) groups excluding carboxylic acids is 2. The monoisotopic (exact) mass is 304 g/mol. The summed E-state index contributed by atoms with van der Waals surface area (Å²) in [7, 11) is 0. The summed E-state index contributed by atoms with van der Waals surface area (Å²) in [5.41, 5.74) is 0.580. The lowest BCUT2D eigenvalue weighted by Gasteiger charge is -2.30. The van der Waals surface area contributed by atoms with Gasteiger partial charge in [-0.3, -0.25) is 14.5 Å². The first-order chi connectivity index (χ1) is 10.7. The second-order valence-corrected chi connectivity index (χ2v) is 5.37. The van der Waals surface area contributed by atoms with Crippen molar-refractivity contribution in [3.63, 3.8) is 0 Å². The van der Waals surface area contributed by atoms with Gasteiger partial charge in [-0.1, -0.05) is 6.07 Å². The van der Waals surface area contributed by atoms with E-state index in [4.69, 9.17) is 9.47 Å². The van der Waals surface area contributed by atoms with Crippen molar-refractivity contribution in [3.8, 4) is 5.75 Å². The molecule has 118 valence electrons. The molecule has 2 amide bonds. The topological polar surface area (TPSA) is 59.1 Å². The van der Waals surface area contributed by atoms with Gasteiger partial charge in [-0.15, -0.1) is 0 Å². The minimum Gasteiger partial charge on any atom is -0.494 e. The molecule has 1 aromatic rings. The van der Waals surface area contributed by atoms with Crippen molar-refractivity contribution in [2.24, 2.45) is 0 Å². The predicted octanol–water partition coefficient (Wildman–Crippen LogP) is 1.05. The Morgan fingerprint density at radius 1 is 1.27 bits per heavy atom. The second-order valence-electron chi connectivity index (χ2n) is 5.37. The third kappa shape index (κ3) is 2.84. The van der Waals surface area contributed by atoms with Crippen LogP contribution in [0.15, 0.2) is 24.3 Å². The van der Waals surface area contributed by atoms with E-state index in [1.54, 1.807) is 18.2 Å². The Bertz CT molecular complexity index is 569. The van der Waals surface area contributed by atoms with Crippen molar-refractivity contribution < 1.29 is 19.1 Å². The Morgan fingerprint density at radius 3 is 2.77 bits per heavy atom. The molecule has 6 heteroatoms. The van der Waals surface area contributed by atoms with Crippen LogP contribution >= 0.6 is 0 Å². The van der Waals surface area contributed by atoms with E-state index in [-0.39, 0.29) is 24.3 Å². The van der Waals surface area contributed by atoms with Crippen LogP contribution in [0.5, 0.6) is 5.75 Å². The van der Waals surface area contributed by atoms with Crippen LogP contribution in [-0.2, 0) is 14.3 Å². The molecule has 22 heavy (non-hydrogen) atoms. The summed E-state index contributed by atoms with van der Waals surface area (Å²) >= 11 is 0. The lowest BCUT2D eigenvalue weighted by Crippen LogP contribution is -2.47. The van der Waals surface area contributed by atoms with Gasteiger partial charge in [-0.25, -0.2) is 4.90 Å². The number of benzene rings is 1. The molecule has 0 aliphatic carbocycles. The van der Waals surface area contributed by atoms with Crippen molar-refractivity contribution in [2.45, 2.75) is 19.4 Å². The van der Waals surface area contributed by atoms with E-state index in [2.05, 4.69) is 0 Å². The molecule has 1 aromatic carbocycles. The van der Waals surface area contributed by atoms with E-state index in [9.17, 15) is 9.59 Å². The number of rotatable bonds is 4. The molecule has 2 fully saturated rings. The van der Waals surface area contributed by atoms with Crippen LogP contribution in [0.3, 0.4) is 0 Å². The fourth-order valence-corrected chi connectivity index (χ4v) is 2.94. The summed E-state index contributed by atoms with van der Waals surface area (Å²) in [6, 6.07) is 6.74. The lowest BCUT2D eigenvalue weighted by atomic mass is 10.2. The molecule has 0 bridgehead atoms. The predicted molar refractivity (Wildman–Crippen MR) is 80.9 cm³/mol. The molecule has 0 aromatic heterocycles. The maximum Gasteiger partial charge on any atom is 0.251 e. The SMILES string of the molecule is CCOc1cccc(N2C(=O)C[C@H](N3CCOCC3)C2=O)c1. The zero-order chi connectivity index (χ0) is 15.5. The maximum absolute atomic E-state index is 12.7. The first kappa shape index (κ1) is 15.0. The van der Waals surface area contributed by atoms with E-state index in [1.807, 2.05) is 17.9 Å². The molecule has 2 aliphatic heterocycles. The molecule has 2 saturated heterocycles. The highest BCUT2D eigenvalue weighted by Crippen LogP contribution is 2.28. The van der Waals surface area contributed by atoms with E-state index < -0.39 is 0 Å². The third-order valence-corrected chi connectivity index (χ3v) is 4.00. The molecule has 2 aliphatic rings. The molecular formula is C16H20N2O4. The Hall–Kier alpha value is -1.92. The van der Waals surface area contributed by atoms with Gasteiger partial charge in [-0.05, 0) is 19.1 Å². The van der Waals surface area contributed by atoms with Crippen LogP contribution in [0.1, 0.15) is 13.3 Å². The number of ether oxygens (including phenoxy) is 2. The zero-order valence-corrected chi connectivity index (χ0v) is 12.7. The van der Waals surface area contributed by atoms with Crippen molar-refractivity contribution in [1.82, 2.24) is 4.90 Å². The Kier molecular flexibility index (Phi) is 4.40. The van der Waals surface area contributed by atoms with Gasteiger partial charge in [0.2, 0.25) is 5.91 Å². The molecule has 3 rings (SSSR count). The van der Waals surface area contributed by atoms with Gasteiger partial charge in [0.05, 0.1) is 38.0 Å². The first-order valence-electron chi connectivity index (χ1n) is 7.62. The van der Waals surface area contributed by atoms with Gasteiger partial charge in [0.25, 0.3) is 5.91 Å². The van der Waals surface area contributed by atoms with Crippen LogP contribution in [0.4, 0.5) is 5.69 Å². The van der Waals surface area contributed by atoms with Gasteiger partial charge in [-0.2, -0.15) is 0 Å². The van der Waals surface area contributed by atoms with Crippen molar-refractivity contribution in [1.29, 1.82) is 0 Å². The molecule has 2 heterocycles. The number of nitrogens with zero attached hydrogens (tertiary/aromatic N) is 2. The Labute approximate surface area is 129 Å². The molecule has 0 N–H and O–H groups in total. The quantitative estimate of drug-likeness (QED) is 0.778. The molecule has 0 spiro atoms. The number of hydrogen-bond donors (Lipinski definition) is 0. The summed E-state index contributed by atoms with van der Waals surface area (Å²) < 4.78 is 10.8.